The second-order valence-electron chi connectivity index (χ2n) is 3.45. The average Bonchev–Trinajstić information content (AvgIpc) is 2.81. The maximum Gasteiger partial charge on any atom is 0.351 e. The van der Waals surface area contributed by atoms with Crippen molar-refractivity contribution < 1.29 is 14.3 Å². The Hall–Kier alpha value is -1.33. The van der Waals surface area contributed by atoms with E-state index in [1.54, 1.807) is 11.4 Å². The van der Waals surface area contributed by atoms with Crippen molar-refractivity contribution in [2.45, 2.75) is 18.9 Å². The fraction of sp³-hybridized carbons (Fsp3) is 0.417. The monoisotopic (exact) mass is 255 g/mol. The van der Waals surface area contributed by atoms with Crippen LogP contribution in [-0.4, -0.2) is 25.7 Å². The van der Waals surface area contributed by atoms with Crippen molar-refractivity contribution in [2.24, 2.45) is 5.73 Å². The van der Waals surface area contributed by atoms with Crippen LogP contribution < -0.4 is 10.5 Å². The topological polar surface area (TPSA) is 61.5 Å². The second kappa shape index (κ2) is 7.09. The minimum absolute atomic E-state index is 0.106. The van der Waals surface area contributed by atoms with Gasteiger partial charge in [0.05, 0.1) is 7.11 Å². The third-order valence-corrected chi connectivity index (χ3v) is 3.12. The lowest BCUT2D eigenvalue weighted by atomic mass is 10.2. The molecule has 1 aromatic heterocycles. The average molecular weight is 255 g/mol. The lowest BCUT2D eigenvalue weighted by Gasteiger charge is -2.16. The van der Waals surface area contributed by atoms with Crippen LogP contribution in [0.1, 0.15) is 22.5 Å². The van der Waals surface area contributed by atoms with Crippen LogP contribution in [0.15, 0.2) is 24.1 Å². The molecule has 1 rings (SSSR count). The van der Waals surface area contributed by atoms with E-state index in [2.05, 4.69) is 11.3 Å². The van der Waals surface area contributed by atoms with Gasteiger partial charge in [-0.15, -0.1) is 17.9 Å². The fourth-order valence-electron chi connectivity index (χ4n) is 1.34. The maximum atomic E-state index is 11.4. The van der Waals surface area contributed by atoms with E-state index in [1.807, 2.05) is 6.08 Å². The summed E-state index contributed by atoms with van der Waals surface area (Å²) in [4.78, 5) is 11.9. The molecule has 0 aliphatic rings. The molecule has 0 aliphatic carbocycles. The van der Waals surface area contributed by atoms with Crippen LogP contribution in [0.4, 0.5) is 0 Å². The predicted octanol–water partition coefficient (Wildman–Crippen LogP) is 2.21. The van der Waals surface area contributed by atoms with Gasteiger partial charge in [-0.3, -0.25) is 0 Å². The Labute approximate surface area is 105 Å². The number of carbonyl (C=O) groups excluding carboxylic acids is 1. The van der Waals surface area contributed by atoms with Crippen LogP contribution >= 0.6 is 11.3 Å². The van der Waals surface area contributed by atoms with Crippen LogP contribution in [-0.2, 0) is 4.74 Å². The molecular weight excluding hydrogens is 238 g/mol. The van der Waals surface area contributed by atoms with Gasteiger partial charge in [-0.05, 0) is 24.3 Å². The molecule has 1 aromatic rings. The van der Waals surface area contributed by atoms with E-state index in [0.717, 1.165) is 12.8 Å². The van der Waals surface area contributed by atoms with Gasteiger partial charge in [0, 0.05) is 6.54 Å². The molecular formula is C12H17NO3S. The highest BCUT2D eigenvalue weighted by molar-refractivity contribution is 7.12. The van der Waals surface area contributed by atoms with E-state index in [0.29, 0.717) is 17.2 Å². The number of thiophene rings is 1. The second-order valence-corrected chi connectivity index (χ2v) is 4.36. The van der Waals surface area contributed by atoms with Gasteiger partial charge in [-0.2, -0.15) is 0 Å². The van der Waals surface area contributed by atoms with Crippen molar-refractivity contribution >= 4 is 17.3 Å². The van der Waals surface area contributed by atoms with Gasteiger partial charge in [0.25, 0.3) is 0 Å². The van der Waals surface area contributed by atoms with Gasteiger partial charge in [-0.1, -0.05) is 6.08 Å². The fourth-order valence-corrected chi connectivity index (χ4v) is 2.08. The van der Waals surface area contributed by atoms with Crippen molar-refractivity contribution in [3.63, 3.8) is 0 Å². The standard InChI is InChI=1S/C12H17NO3S/c1-3-4-5-9(8-13)16-10-6-7-17-11(10)12(14)15-2/h3,6-7,9H,1,4-5,8,13H2,2H3. The lowest BCUT2D eigenvalue weighted by molar-refractivity contribution is 0.0599. The normalized spacial score (nSPS) is 11.9. The molecule has 17 heavy (non-hydrogen) atoms. The first kappa shape index (κ1) is 13.7. The summed E-state index contributed by atoms with van der Waals surface area (Å²) < 4.78 is 10.4. The van der Waals surface area contributed by atoms with E-state index < -0.39 is 0 Å². The van der Waals surface area contributed by atoms with E-state index in [4.69, 9.17) is 10.5 Å². The molecule has 0 saturated carbocycles. The molecule has 0 spiro atoms. The third kappa shape index (κ3) is 3.87. The Morgan fingerprint density at radius 1 is 1.71 bits per heavy atom. The molecule has 1 unspecified atom stereocenters. The van der Waals surface area contributed by atoms with Crippen molar-refractivity contribution in [1.29, 1.82) is 0 Å². The van der Waals surface area contributed by atoms with Gasteiger partial charge >= 0.3 is 5.97 Å². The van der Waals surface area contributed by atoms with E-state index in [-0.39, 0.29) is 12.1 Å². The van der Waals surface area contributed by atoms with Crippen LogP contribution in [0.5, 0.6) is 5.75 Å². The van der Waals surface area contributed by atoms with Crippen molar-refractivity contribution in [3.05, 3.63) is 29.0 Å². The molecule has 94 valence electrons. The molecule has 0 aliphatic heterocycles. The zero-order valence-corrected chi connectivity index (χ0v) is 10.7. The molecule has 5 heteroatoms. The van der Waals surface area contributed by atoms with Crippen LogP contribution in [0, 0.1) is 0 Å². The van der Waals surface area contributed by atoms with Crippen LogP contribution in [0.3, 0.4) is 0 Å². The first-order valence-corrected chi connectivity index (χ1v) is 6.24. The number of allylic oxidation sites excluding steroid dienone is 1. The van der Waals surface area contributed by atoms with Crippen LogP contribution in [0.2, 0.25) is 0 Å². The number of nitrogens with two attached hydrogens (primary N) is 1. The Kier molecular flexibility index (Phi) is 5.72. The molecule has 4 nitrogen and oxygen atoms in total. The SMILES string of the molecule is C=CCCC(CN)Oc1ccsc1C(=O)OC. The molecule has 2 N–H and O–H groups in total. The highest BCUT2D eigenvalue weighted by Crippen LogP contribution is 2.27. The predicted molar refractivity (Wildman–Crippen MR) is 68.6 cm³/mol. The largest absolute Gasteiger partial charge is 0.487 e. The molecule has 0 bridgehead atoms. The highest BCUT2D eigenvalue weighted by atomic mass is 32.1. The molecule has 0 amide bonds. The van der Waals surface area contributed by atoms with E-state index in [1.165, 1.54) is 18.4 Å². The molecule has 0 radical (unpaired) electrons. The summed E-state index contributed by atoms with van der Waals surface area (Å²) in [5.41, 5.74) is 5.62. The van der Waals surface area contributed by atoms with Crippen molar-refractivity contribution in [3.8, 4) is 5.75 Å². The third-order valence-electron chi connectivity index (χ3n) is 2.25. The van der Waals surface area contributed by atoms with Crippen LogP contribution in [0.25, 0.3) is 0 Å². The number of methoxy groups -OCH3 is 1. The highest BCUT2D eigenvalue weighted by Gasteiger charge is 2.17. The molecule has 0 aromatic carbocycles. The van der Waals surface area contributed by atoms with Crippen molar-refractivity contribution in [2.75, 3.05) is 13.7 Å². The van der Waals surface area contributed by atoms with Crippen molar-refractivity contribution in [1.82, 2.24) is 0 Å². The summed E-state index contributed by atoms with van der Waals surface area (Å²) >= 11 is 1.30. The number of esters is 1. The zero-order chi connectivity index (χ0) is 12.7. The Balaban J connectivity index is 2.69. The molecule has 1 heterocycles. The Morgan fingerprint density at radius 3 is 3.06 bits per heavy atom. The maximum absolute atomic E-state index is 11.4. The first-order chi connectivity index (χ1) is 8.22. The van der Waals surface area contributed by atoms with Gasteiger partial charge in [0.1, 0.15) is 11.9 Å². The summed E-state index contributed by atoms with van der Waals surface area (Å²) in [5, 5.41) is 1.79. The summed E-state index contributed by atoms with van der Waals surface area (Å²) in [6.07, 6.45) is 3.34. The number of hydrogen-bond donors (Lipinski definition) is 1. The van der Waals surface area contributed by atoms with E-state index >= 15 is 0 Å². The minimum atomic E-state index is -0.380. The Bertz CT molecular complexity index is 376. The molecule has 0 fully saturated rings. The van der Waals surface area contributed by atoms with Gasteiger partial charge in [-0.25, -0.2) is 4.79 Å². The number of rotatable bonds is 7. The van der Waals surface area contributed by atoms with Gasteiger partial charge in [0.15, 0.2) is 4.88 Å². The lowest BCUT2D eigenvalue weighted by Crippen LogP contribution is -2.26. The van der Waals surface area contributed by atoms with Gasteiger partial charge in [0.2, 0.25) is 0 Å². The minimum Gasteiger partial charge on any atom is -0.487 e. The summed E-state index contributed by atoms with van der Waals surface area (Å²) in [7, 11) is 1.35. The number of carbonyl (C=O) groups is 1. The summed E-state index contributed by atoms with van der Waals surface area (Å²) in [5.74, 6) is 0.163. The zero-order valence-electron chi connectivity index (χ0n) is 9.85. The Morgan fingerprint density at radius 2 is 2.47 bits per heavy atom. The summed E-state index contributed by atoms with van der Waals surface area (Å²) in [6, 6.07) is 1.76. The molecule has 1 atom stereocenters. The number of hydrogen-bond acceptors (Lipinski definition) is 5. The quantitative estimate of drug-likeness (QED) is 0.599. The molecule has 0 saturated heterocycles. The summed E-state index contributed by atoms with van der Waals surface area (Å²) in [6.45, 7) is 4.06. The van der Waals surface area contributed by atoms with E-state index in [9.17, 15) is 4.79 Å². The van der Waals surface area contributed by atoms with Gasteiger partial charge < -0.3 is 15.2 Å². The first-order valence-electron chi connectivity index (χ1n) is 5.36. The number of ether oxygens (including phenoxy) is 2. The smallest absolute Gasteiger partial charge is 0.351 e.